The molecule has 0 radical (unpaired) electrons. The van der Waals surface area contributed by atoms with Crippen LogP contribution in [0.4, 0.5) is 10.1 Å². The molecule has 102 valence electrons. The van der Waals surface area contributed by atoms with Crippen LogP contribution in [0.5, 0.6) is 0 Å². The minimum atomic E-state index is -0.389. The van der Waals surface area contributed by atoms with Crippen LogP contribution in [0.3, 0.4) is 0 Å². The first kappa shape index (κ1) is 15.3. The van der Waals surface area contributed by atoms with E-state index >= 15 is 0 Å². The van der Waals surface area contributed by atoms with Gasteiger partial charge in [0.25, 0.3) is 0 Å². The maximum absolute atomic E-state index is 13.5. The van der Waals surface area contributed by atoms with Crippen LogP contribution in [0.25, 0.3) is 0 Å². The van der Waals surface area contributed by atoms with Crippen LogP contribution in [0.15, 0.2) is 12.1 Å². The smallest absolute Gasteiger partial charge is 0.143 e. The predicted octanol–water partition coefficient (Wildman–Crippen LogP) is 3.96. The Hall–Kier alpha value is -0.800. The molecule has 0 aliphatic carbocycles. The van der Waals surface area contributed by atoms with Gasteiger partial charge in [0.05, 0.1) is 5.02 Å². The minimum absolute atomic E-state index is 0.164. The van der Waals surface area contributed by atoms with Crippen molar-refractivity contribution >= 4 is 17.3 Å². The molecule has 1 aromatic rings. The third-order valence-electron chi connectivity index (χ3n) is 3.42. The van der Waals surface area contributed by atoms with Crippen molar-refractivity contribution in [2.75, 3.05) is 11.9 Å². The molecule has 18 heavy (non-hydrogen) atoms. The zero-order valence-electron chi connectivity index (χ0n) is 11.3. The Bertz CT molecular complexity index is 396. The predicted molar refractivity (Wildman–Crippen MR) is 76.7 cm³/mol. The topological polar surface area (TPSA) is 38.0 Å². The van der Waals surface area contributed by atoms with Crippen LogP contribution in [-0.2, 0) is 0 Å². The van der Waals surface area contributed by atoms with E-state index in [1.165, 1.54) is 6.07 Å². The molecule has 0 aliphatic rings. The lowest BCUT2D eigenvalue weighted by molar-refractivity contribution is 0.449. The molecule has 0 fully saturated rings. The van der Waals surface area contributed by atoms with E-state index in [1.54, 1.807) is 6.07 Å². The molecule has 0 aromatic heterocycles. The van der Waals surface area contributed by atoms with E-state index in [0.717, 1.165) is 24.1 Å². The fraction of sp³-hybridized carbons (Fsp3) is 0.571. The van der Waals surface area contributed by atoms with Crippen LogP contribution >= 0.6 is 11.6 Å². The van der Waals surface area contributed by atoms with Gasteiger partial charge >= 0.3 is 0 Å². The Morgan fingerprint density at radius 1 is 1.44 bits per heavy atom. The van der Waals surface area contributed by atoms with Gasteiger partial charge in [0.2, 0.25) is 0 Å². The molecule has 0 bridgehead atoms. The Labute approximate surface area is 114 Å². The number of nitrogens with two attached hydrogens (primary N) is 1. The van der Waals surface area contributed by atoms with Crippen LogP contribution in [-0.4, -0.2) is 12.6 Å². The average molecular weight is 273 g/mol. The highest BCUT2D eigenvalue weighted by Crippen LogP contribution is 2.26. The Morgan fingerprint density at radius 2 is 2.11 bits per heavy atom. The molecule has 0 amide bonds. The summed E-state index contributed by atoms with van der Waals surface area (Å²) in [6.07, 6.45) is 1.94. The van der Waals surface area contributed by atoms with E-state index < -0.39 is 0 Å². The SMILES string of the molecule is CCC(C)C(CCN)Nc1cc(F)c(Cl)cc1C. The van der Waals surface area contributed by atoms with Gasteiger partial charge in [-0.1, -0.05) is 31.9 Å². The molecule has 4 heteroatoms. The first-order chi connectivity index (χ1) is 8.49. The van der Waals surface area contributed by atoms with Gasteiger partial charge in [-0.25, -0.2) is 4.39 Å². The van der Waals surface area contributed by atoms with Crippen molar-refractivity contribution in [3.63, 3.8) is 0 Å². The summed E-state index contributed by atoms with van der Waals surface area (Å²) >= 11 is 5.75. The van der Waals surface area contributed by atoms with E-state index in [4.69, 9.17) is 17.3 Å². The maximum atomic E-state index is 13.5. The molecule has 0 aliphatic heterocycles. The van der Waals surface area contributed by atoms with Crippen LogP contribution in [0, 0.1) is 18.7 Å². The molecular weight excluding hydrogens is 251 g/mol. The number of hydrogen-bond donors (Lipinski definition) is 2. The molecular formula is C14H22ClFN2. The van der Waals surface area contributed by atoms with Gasteiger partial charge in [0, 0.05) is 11.7 Å². The second kappa shape index (κ2) is 6.95. The second-order valence-electron chi connectivity index (χ2n) is 4.79. The first-order valence-corrected chi connectivity index (χ1v) is 6.79. The maximum Gasteiger partial charge on any atom is 0.143 e. The Balaban J connectivity index is 2.89. The zero-order chi connectivity index (χ0) is 13.7. The molecule has 0 saturated carbocycles. The minimum Gasteiger partial charge on any atom is -0.382 e. The average Bonchev–Trinajstić information content (AvgIpc) is 2.34. The lowest BCUT2D eigenvalue weighted by Gasteiger charge is -2.26. The number of halogens is 2. The zero-order valence-corrected chi connectivity index (χ0v) is 12.0. The number of anilines is 1. The van der Waals surface area contributed by atoms with Crippen molar-refractivity contribution in [2.24, 2.45) is 11.7 Å². The van der Waals surface area contributed by atoms with Crippen LogP contribution in [0.2, 0.25) is 5.02 Å². The van der Waals surface area contributed by atoms with Gasteiger partial charge < -0.3 is 11.1 Å². The van der Waals surface area contributed by atoms with Gasteiger partial charge in [-0.15, -0.1) is 0 Å². The van der Waals surface area contributed by atoms with Crippen molar-refractivity contribution in [3.05, 3.63) is 28.5 Å². The third kappa shape index (κ3) is 3.85. The van der Waals surface area contributed by atoms with Gasteiger partial charge in [-0.05, 0) is 43.5 Å². The van der Waals surface area contributed by atoms with Crippen molar-refractivity contribution in [1.82, 2.24) is 0 Å². The van der Waals surface area contributed by atoms with E-state index in [1.807, 2.05) is 6.92 Å². The number of aryl methyl sites for hydroxylation is 1. The third-order valence-corrected chi connectivity index (χ3v) is 3.71. The lowest BCUT2D eigenvalue weighted by Crippen LogP contribution is -2.30. The molecule has 2 unspecified atom stereocenters. The summed E-state index contributed by atoms with van der Waals surface area (Å²) < 4.78 is 13.5. The summed E-state index contributed by atoms with van der Waals surface area (Å²) in [4.78, 5) is 0. The first-order valence-electron chi connectivity index (χ1n) is 6.41. The highest BCUT2D eigenvalue weighted by atomic mass is 35.5. The molecule has 2 atom stereocenters. The molecule has 1 aromatic carbocycles. The van der Waals surface area contributed by atoms with Gasteiger partial charge in [0.15, 0.2) is 0 Å². The molecule has 3 N–H and O–H groups in total. The highest BCUT2D eigenvalue weighted by Gasteiger charge is 2.16. The van der Waals surface area contributed by atoms with Crippen LogP contribution < -0.4 is 11.1 Å². The molecule has 2 nitrogen and oxygen atoms in total. The quantitative estimate of drug-likeness (QED) is 0.823. The molecule has 1 rings (SSSR count). The van der Waals surface area contributed by atoms with Crippen LogP contribution in [0.1, 0.15) is 32.3 Å². The lowest BCUT2D eigenvalue weighted by atomic mass is 9.95. The number of hydrogen-bond acceptors (Lipinski definition) is 2. The number of benzene rings is 1. The van der Waals surface area contributed by atoms with Crippen molar-refractivity contribution in [2.45, 2.75) is 39.7 Å². The van der Waals surface area contributed by atoms with E-state index in [9.17, 15) is 4.39 Å². The highest BCUT2D eigenvalue weighted by molar-refractivity contribution is 6.30. The van der Waals surface area contributed by atoms with Crippen molar-refractivity contribution in [1.29, 1.82) is 0 Å². The van der Waals surface area contributed by atoms with E-state index in [-0.39, 0.29) is 16.9 Å². The second-order valence-corrected chi connectivity index (χ2v) is 5.20. The molecule has 0 heterocycles. The number of rotatable bonds is 6. The summed E-state index contributed by atoms with van der Waals surface area (Å²) in [5, 5.41) is 3.55. The summed E-state index contributed by atoms with van der Waals surface area (Å²) in [6, 6.07) is 3.37. The summed E-state index contributed by atoms with van der Waals surface area (Å²) in [5.74, 6) is 0.104. The standard InChI is InChI=1S/C14H22ClFN2/c1-4-9(2)13(5-6-17)18-14-8-12(16)11(15)7-10(14)3/h7-9,13,18H,4-6,17H2,1-3H3. The van der Waals surface area contributed by atoms with E-state index in [2.05, 4.69) is 19.2 Å². The molecule has 0 saturated heterocycles. The normalized spacial score (nSPS) is 14.3. The fourth-order valence-corrected chi connectivity index (χ4v) is 2.18. The largest absolute Gasteiger partial charge is 0.382 e. The van der Waals surface area contributed by atoms with Gasteiger partial charge in [-0.3, -0.25) is 0 Å². The van der Waals surface area contributed by atoms with Gasteiger partial charge in [-0.2, -0.15) is 0 Å². The van der Waals surface area contributed by atoms with Crippen molar-refractivity contribution in [3.8, 4) is 0 Å². The summed E-state index contributed by atoms with van der Waals surface area (Å²) in [6.45, 7) is 6.86. The van der Waals surface area contributed by atoms with E-state index in [0.29, 0.717) is 12.5 Å². The van der Waals surface area contributed by atoms with Gasteiger partial charge in [0.1, 0.15) is 5.82 Å². The Kier molecular flexibility index (Phi) is 5.89. The summed E-state index contributed by atoms with van der Waals surface area (Å²) in [7, 11) is 0. The fourth-order valence-electron chi connectivity index (χ4n) is 1.96. The summed E-state index contributed by atoms with van der Waals surface area (Å²) in [5.41, 5.74) is 7.38. The van der Waals surface area contributed by atoms with Crippen molar-refractivity contribution < 1.29 is 4.39 Å². The Morgan fingerprint density at radius 3 is 2.67 bits per heavy atom. The monoisotopic (exact) mass is 272 g/mol. The molecule has 0 spiro atoms. The number of nitrogens with one attached hydrogen (secondary N) is 1.